The maximum absolute atomic E-state index is 12.5. The van der Waals surface area contributed by atoms with E-state index < -0.39 is 25.6 Å². The van der Waals surface area contributed by atoms with E-state index in [9.17, 15) is 9.59 Å². The monoisotopic (exact) mass is 322 g/mol. The molecular weight excluding hydrogens is 296 g/mol. The highest BCUT2D eigenvalue weighted by molar-refractivity contribution is 6.84. The van der Waals surface area contributed by atoms with Crippen LogP contribution in [0.5, 0.6) is 0 Å². The van der Waals surface area contributed by atoms with Gasteiger partial charge in [-0.3, -0.25) is 9.59 Å². The van der Waals surface area contributed by atoms with Gasteiger partial charge in [-0.2, -0.15) is 0 Å². The van der Waals surface area contributed by atoms with Crippen LogP contribution >= 0.6 is 0 Å². The maximum Gasteiger partial charge on any atom is 0.307 e. The summed E-state index contributed by atoms with van der Waals surface area (Å²) >= 11 is 0. The standard InChI is InChI=1S/C17H26O4Si/c1-17(2,3)22(4,5)14(11-15(18)19)16(20)21-12-13-9-7-6-8-10-13/h6-10,14H,11-12H2,1-5H3,(H,18,19). The zero-order chi connectivity index (χ0) is 17.0. The Morgan fingerprint density at radius 3 is 2.18 bits per heavy atom. The van der Waals surface area contributed by atoms with Crippen molar-refractivity contribution in [2.75, 3.05) is 0 Å². The lowest BCUT2D eigenvalue weighted by Gasteiger charge is -2.41. The number of ether oxygens (including phenoxy) is 1. The van der Waals surface area contributed by atoms with Gasteiger partial charge in [0.15, 0.2) is 0 Å². The van der Waals surface area contributed by atoms with Crippen molar-refractivity contribution >= 4 is 20.0 Å². The number of esters is 1. The molecule has 5 heteroatoms. The van der Waals surface area contributed by atoms with Crippen molar-refractivity contribution in [1.29, 1.82) is 0 Å². The second kappa shape index (κ2) is 7.09. The smallest absolute Gasteiger partial charge is 0.307 e. The Labute approximate surface area is 133 Å². The fourth-order valence-corrected chi connectivity index (χ4v) is 4.56. The first-order chi connectivity index (χ1) is 10.1. The van der Waals surface area contributed by atoms with Crippen molar-refractivity contribution < 1.29 is 19.4 Å². The summed E-state index contributed by atoms with van der Waals surface area (Å²) in [6.45, 7) is 10.5. The van der Waals surface area contributed by atoms with Crippen molar-refractivity contribution in [2.45, 2.75) is 57.5 Å². The van der Waals surface area contributed by atoms with Crippen LogP contribution in [-0.4, -0.2) is 25.1 Å². The molecule has 0 saturated heterocycles. The Kier molecular flexibility index (Phi) is 5.94. The summed E-state index contributed by atoms with van der Waals surface area (Å²) in [7, 11) is -2.15. The number of carboxylic acids is 1. The molecule has 22 heavy (non-hydrogen) atoms. The Morgan fingerprint density at radius 1 is 1.18 bits per heavy atom. The highest BCUT2D eigenvalue weighted by atomic mass is 28.3. The summed E-state index contributed by atoms with van der Waals surface area (Å²) in [4.78, 5) is 23.7. The second-order valence-corrected chi connectivity index (χ2v) is 12.9. The normalized spacial score (nSPS) is 13.5. The van der Waals surface area contributed by atoms with E-state index in [0.717, 1.165) is 5.56 Å². The molecule has 1 atom stereocenters. The van der Waals surface area contributed by atoms with E-state index in [1.807, 2.05) is 30.3 Å². The highest BCUT2D eigenvalue weighted by Gasteiger charge is 2.47. The van der Waals surface area contributed by atoms with Crippen molar-refractivity contribution in [3.8, 4) is 0 Å². The number of carbonyl (C=O) groups is 2. The van der Waals surface area contributed by atoms with E-state index >= 15 is 0 Å². The molecule has 1 unspecified atom stereocenters. The largest absolute Gasteiger partial charge is 0.481 e. The molecular formula is C17H26O4Si. The number of hydrogen-bond acceptors (Lipinski definition) is 3. The molecule has 0 spiro atoms. The van der Waals surface area contributed by atoms with Gasteiger partial charge in [-0.15, -0.1) is 0 Å². The summed E-state index contributed by atoms with van der Waals surface area (Å²) in [5.74, 6) is -1.34. The third-order valence-electron chi connectivity index (χ3n) is 4.69. The summed E-state index contributed by atoms with van der Waals surface area (Å²) in [6, 6.07) is 9.42. The minimum Gasteiger partial charge on any atom is -0.481 e. The molecule has 1 N–H and O–H groups in total. The van der Waals surface area contributed by atoms with E-state index in [1.54, 1.807) is 0 Å². The Bertz CT molecular complexity index is 517. The van der Waals surface area contributed by atoms with Gasteiger partial charge in [0.05, 0.1) is 20.0 Å². The lowest BCUT2D eigenvalue weighted by Crippen LogP contribution is -2.46. The van der Waals surface area contributed by atoms with Crippen LogP contribution < -0.4 is 0 Å². The third-order valence-corrected chi connectivity index (χ3v) is 10.7. The van der Waals surface area contributed by atoms with Crippen LogP contribution in [0.2, 0.25) is 23.7 Å². The Morgan fingerprint density at radius 2 is 1.73 bits per heavy atom. The fraction of sp³-hybridized carbons (Fsp3) is 0.529. The average Bonchev–Trinajstić information content (AvgIpc) is 2.41. The van der Waals surface area contributed by atoms with E-state index in [0.29, 0.717) is 0 Å². The summed E-state index contributed by atoms with van der Waals surface area (Å²) < 4.78 is 5.41. The Balaban J connectivity index is 2.87. The number of benzene rings is 1. The molecule has 0 fully saturated rings. The molecule has 0 saturated carbocycles. The first-order valence-electron chi connectivity index (χ1n) is 7.48. The van der Waals surface area contributed by atoms with Gasteiger partial charge in [0.2, 0.25) is 0 Å². The zero-order valence-electron chi connectivity index (χ0n) is 14.1. The van der Waals surface area contributed by atoms with Gasteiger partial charge in [-0.05, 0) is 10.6 Å². The van der Waals surface area contributed by atoms with Crippen LogP contribution in [0.25, 0.3) is 0 Å². The topological polar surface area (TPSA) is 63.6 Å². The summed E-state index contributed by atoms with van der Waals surface area (Å²) in [5.41, 5.74) is 0.355. The molecule has 0 bridgehead atoms. The minimum absolute atomic E-state index is 0.0844. The average molecular weight is 322 g/mol. The summed E-state index contributed by atoms with van der Waals surface area (Å²) in [6.07, 6.45) is -0.163. The minimum atomic E-state index is -2.15. The van der Waals surface area contributed by atoms with E-state index in [4.69, 9.17) is 9.84 Å². The molecule has 0 aliphatic heterocycles. The van der Waals surface area contributed by atoms with E-state index in [-0.39, 0.29) is 18.1 Å². The first-order valence-corrected chi connectivity index (χ1v) is 10.6. The van der Waals surface area contributed by atoms with E-state index in [1.165, 1.54) is 0 Å². The van der Waals surface area contributed by atoms with Crippen LogP contribution in [0.15, 0.2) is 30.3 Å². The van der Waals surface area contributed by atoms with Gasteiger partial charge < -0.3 is 9.84 Å². The molecule has 0 aliphatic carbocycles. The van der Waals surface area contributed by atoms with Gasteiger partial charge in [0.1, 0.15) is 6.61 Å². The SMILES string of the molecule is CC(C)(C)[Si](C)(C)C(CC(=O)O)C(=O)OCc1ccccc1. The molecule has 0 radical (unpaired) electrons. The first kappa shape index (κ1) is 18.4. The van der Waals surface area contributed by atoms with Crippen molar-refractivity contribution in [1.82, 2.24) is 0 Å². The van der Waals surface area contributed by atoms with Gasteiger partial charge in [-0.1, -0.05) is 64.2 Å². The predicted molar refractivity (Wildman–Crippen MR) is 89.4 cm³/mol. The van der Waals surface area contributed by atoms with Crippen LogP contribution in [-0.2, 0) is 20.9 Å². The van der Waals surface area contributed by atoms with Crippen molar-refractivity contribution in [3.05, 3.63) is 35.9 Å². The van der Waals surface area contributed by atoms with Crippen molar-refractivity contribution in [3.63, 3.8) is 0 Å². The molecule has 0 amide bonds. The van der Waals surface area contributed by atoms with Crippen molar-refractivity contribution in [2.24, 2.45) is 0 Å². The lowest BCUT2D eigenvalue weighted by molar-refractivity contribution is -0.148. The third kappa shape index (κ3) is 4.70. The van der Waals surface area contributed by atoms with Gasteiger partial charge in [0, 0.05) is 0 Å². The van der Waals surface area contributed by atoms with Gasteiger partial charge >= 0.3 is 11.9 Å². The summed E-state index contributed by atoms with van der Waals surface area (Å²) in [5, 5.41) is 9.08. The molecule has 1 rings (SSSR count). The number of aliphatic carboxylic acids is 1. The number of hydrogen-bond donors (Lipinski definition) is 1. The van der Waals surface area contributed by atoms with Gasteiger partial charge in [0.25, 0.3) is 0 Å². The maximum atomic E-state index is 12.5. The molecule has 0 aliphatic rings. The van der Waals surface area contributed by atoms with E-state index in [2.05, 4.69) is 33.9 Å². The lowest BCUT2D eigenvalue weighted by atomic mass is 10.2. The second-order valence-electron chi connectivity index (χ2n) is 7.22. The Hall–Kier alpha value is -1.62. The van der Waals surface area contributed by atoms with Gasteiger partial charge in [-0.25, -0.2) is 0 Å². The van der Waals surface area contributed by atoms with Crippen LogP contribution in [0, 0.1) is 0 Å². The predicted octanol–water partition coefficient (Wildman–Crippen LogP) is 4.08. The molecule has 122 valence electrons. The fourth-order valence-electron chi connectivity index (χ4n) is 2.16. The van der Waals surface area contributed by atoms with Crippen LogP contribution in [0.4, 0.5) is 0 Å². The van der Waals surface area contributed by atoms with Crippen LogP contribution in [0.3, 0.4) is 0 Å². The zero-order valence-corrected chi connectivity index (χ0v) is 15.1. The molecule has 1 aromatic rings. The highest BCUT2D eigenvalue weighted by Crippen LogP contribution is 2.45. The number of rotatable bonds is 6. The molecule has 4 nitrogen and oxygen atoms in total. The molecule has 0 aromatic heterocycles. The van der Waals surface area contributed by atoms with Crippen LogP contribution in [0.1, 0.15) is 32.8 Å². The number of carboxylic acid groups (broad SMARTS) is 1. The molecule has 0 heterocycles. The molecule has 1 aromatic carbocycles. The number of carbonyl (C=O) groups excluding carboxylic acids is 1. The quantitative estimate of drug-likeness (QED) is 0.633.